The normalized spacial score (nSPS) is 16.2. The Hall–Kier alpha value is -1.09. The van der Waals surface area contributed by atoms with Crippen molar-refractivity contribution < 1.29 is 9.59 Å². The SMILES string of the molecule is CCCCSc1c(C)c(C)c(C2CC(=O)CC(=O)C2)c(C)c1C. The van der Waals surface area contributed by atoms with E-state index in [1.165, 1.54) is 45.6 Å². The van der Waals surface area contributed by atoms with Crippen molar-refractivity contribution >= 4 is 23.3 Å². The lowest BCUT2D eigenvalue weighted by Crippen LogP contribution is -2.23. The van der Waals surface area contributed by atoms with E-state index in [1.54, 1.807) is 0 Å². The van der Waals surface area contributed by atoms with Crippen LogP contribution >= 0.6 is 11.8 Å². The molecule has 23 heavy (non-hydrogen) atoms. The maximum atomic E-state index is 11.9. The molecule has 0 atom stereocenters. The molecule has 1 aliphatic carbocycles. The van der Waals surface area contributed by atoms with Crippen molar-refractivity contribution in [2.45, 2.75) is 77.5 Å². The fraction of sp³-hybridized carbons (Fsp3) is 0.600. The molecule has 0 aliphatic heterocycles. The van der Waals surface area contributed by atoms with Gasteiger partial charge < -0.3 is 0 Å². The quantitative estimate of drug-likeness (QED) is 0.421. The number of benzene rings is 1. The number of ketones is 2. The van der Waals surface area contributed by atoms with Crippen molar-refractivity contribution in [1.82, 2.24) is 0 Å². The van der Waals surface area contributed by atoms with E-state index in [0.717, 1.165) is 5.75 Å². The minimum absolute atomic E-state index is 0.0795. The number of Topliss-reactive ketones (excluding diaryl/α,β-unsaturated/α-hetero) is 2. The van der Waals surface area contributed by atoms with Gasteiger partial charge in [0.15, 0.2) is 0 Å². The first-order valence-corrected chi connectivity index (χ1v) is 9.61. The van der Waals surface area contributed by atoms with Crippen LogP contribution in [0.5, 0.6) is 0 Å². The molecule has 0 heterocycles. The summed E-state index contributed by atoms with van der Waals surface area (Å²) < 4.78 is 0. The summed E-state index contributed by atoms with van der Waals surface area (Å²) in [5.41, 5.74) is 6.46. The van der Waals surface area contributed by atoms with Crippen LogP contribution < -0.4 is 0 Å². The molecule has 1 aromatic carbocycles. The van der Waals surface area contributed by atoms with E-state index in [-0.39, 0.29) is 23.9 Å². The van der Waals surface area contributed by atoms with Gasteiger partial charge in [0, 0.05) is 17.7 Å². The number of rotatable bonds is 5. The van der Waals surface area contributed by atoms with Gasteiger partial charge in [-0.15, -0.1) is 11.8 Å². The molecule has 0 radical (unpaired) electrons. The van der Waals surface area contributed by atoms with Crippen LogP contribution in [0.15, 0.2) is 4.90 Å². The second-order valence-electron chi connectivity index (χ2n) is 6.80. The first-order chi connectivity index (χ1) is 10.9. The van der Waals surface area contributed by atoms with Crippen LogP contribution in [0.25, 0.3) is 0 Å². The number of carbonyl (C=O) groups excluding carboxylic acids is 2. The third kappa shape index (κ3) is 3.88. The van der Waals surface area contributed by atoms with Crippen molar-refractivity contribution in [2.24, 2.45) is 0 Å². The summed E-state index contributed by atoms with van der Waals surface area (Å²) in [5.74, 6) is 1.43. The van der Waals surface area contributed by atoms with E-state index < -0.39 is 0 Å². The Balaban J connectivity index is 2.42. The van der Waals surface area contributed by atoms with Crippen LogP contribution in [-0.2, 0) is 9.59 Å². The Kier molecular flexibility index (Phi) is 6.07. The average molecular weight is 333 g/mol. The van der Waals surface area contributed by atoms with Crippen molar-refractivity contribution in [2.75, 3.05) is 5.75 Å². The molecule has 0 bridgehead atoms. The van der Waals surface area contributed by atoms with E-state index in [9.17, 15) is 9.59 Å². The Morgan fingerprint density at radius 3 is 1.91 bits per heavy atom. The van der Waals surface area contributed by atoms with Gasteiger partial charge in [-0.3, -0.25) is 9.59 Å². The second kappa shape index (κ2) is 7.65. The van der Waals surface area contributed by atoms with Crippen molar-refractivity contribution in [3.63, 3.8) is 0 Å². The summed E-state index contributed by atoms with van der Waals surface area (Å²) in [6, 6.07) is 0. The van der Waals surface area contributed by atoms with Gasteiger partial charge in [-0.05, 0) is 73.6 Å². The molecule has 3 heteroatoms. The molecule has 0 unspecified atom stereocenters. The van der Waals surface area contributed by atoms with Crippen LogP contribution in [0.1, 0.15) is 72.8 Å². The van der Waals surface area contributed by atoms with Gasteiger partial charge in [-0.2, -0.15) is 0 Å². The van der Waals surface area contributed by atoms with Crippen LogP contribution in [0.2, 0.25) is 0 Å². The molecule has 1 fully saturated rings. The number of thioether (sulfide) groups is 1. The molecule has 2 rings (SSSR count). The van der Waals surface area contributed by atoms with Gasteiger partial charge in [-0.1, -0.05) is 13.3 Å². The fourth-order valence-corrected chi connectivity index (χ4v) is 5.02. The molecule has 0 amide bonds. The van der Waals surface area contributed by atoms with Gasteiger partial charge in [0.05, 0.1) is 6.42 Å². The summed E-state index contributed by atoms with van der Waals surface area (Å²) in [4.78, 5) is 25.1. The lowest BCUT2D eigenvalue weighted by molar-refractivity contribution is -0.130. The van der Waals surface area contributed by atoms with Gasteiger partial charge >= 0.3 is 0 Å². The molecule has 1 aliphatic rings. The lowest BCUT2D eigenvalue weighted by atomic mass is 9.77. The maximum absolute atomic E-state index is 11.9. The highest BCUT2D eigenvalue weighted by molar-refractivity contribution is 7.99. The Morgan fingerprint density at radius 2 is 1.43 bits per heavy atom. The summed E-state index contributed by atoms with van der Waals surface area (Å²) in [6.45, 7) is 10.9. The molecule has 1 saturated carbocycles. The summed E-state index contributed by atoms with van der Waals surface area (Å²) in [6.07, 6.45) is 3.63. The molecular formula is C20H28O2S. The summed E-state index contributed by atoms with van der Waals surface area (Å²) in [7, 11) is 0. The molecule has 0 N–H and O–H groups in total. The highest BCUT2D eigenvalue weighted by atomic mass is 32.2. The predicted molar refractivity (Wildman–Crippen MR) is 97.6 cm³/mol. The average Bonchev–Trinajstić information content (AvgIpc) is 2.48. The van der Waals surface area contributed by atoms with Gasteiger partial charge in [0.25, 0.3) is 0 Å². The molecule has 0 spiro atoms. The molecule has 2 nitrogen and oxygen atoms in total. The van der Waals surface area contributed by atoms with Gasteiger partial charge in [0.2, 0.25) is 0 Å². The minimum Gasteiger partial charge on any atom is -0.299 e. The monoisotopic (exact) mass is 332 g/mol. The van der Waals surface area contributed by atoms with E-state index in [4.69, 9.17) is 0 Å². The van der Waals surface area contributed by atoms with Crippen LogP contribution in [0, 0.1) is 27.7 Å². The summed E-state index contributed by atoms with van der Waals surface area (Å²) >= 11 is 1.95. The number of hydrogen-bond acceptors (Lipinski definition) is 3. The van der Waals surface area contributed by atoms with Crippen molar-refractivity contribution in [1.29, 1.82) is 0 Å². The zero-order valence-corrected chi connectivity index (χ0v) is 15.9. The molecule has 0 aromatic heterocycles. The third-order valence-electron chi connectivity index (χ3n) is 5.11. The molecule has 0 saturated heterocycles. The fourth-order valence-electron chi connectivity index (χ4n) is 3.64. The largest absolute Gasteiger partial charge is 0.299 e. The Morgan fingerprint density at radius 1 is 0.913 bits per heavy atom. The van der Waals surface area contributed by atoms with Crippen molar-refractivity contribution in [3.05, 3.63) is 27.8 Å². The van der Waals surface area contributed by atoms with Crippen molar-refractivity contribution in [3.8, 4) is 0 Å². The third-order valence-corrected chi connectivity index (χ3v) is 6.50. The summed E-state index contributed by atoms with van der Waals surface area (Å²) in [5, 5.41) is 0. The van der Waals surface area contributed by atoms with E-state index in [1.807, 2.05) is 11.8 Å². The molecule has 126 valence electrons. The zero-order valence-electron chi connectivity index (χ0n) is 15.0. The van der Waals surface area contributed by atoms with Crippen LogP contribution in [0.3, 0.4) is 0 Å². The van der Waals surface area contributed by atoms with Crippen LogP contribution in [0.4, 0.5) is 0 Å². The van der Waals surface area contributed by atoms with Crippen LogP contribution in [-0.4, -0.2) is 17.3 Å². The number of unbranched alkanes of at least 4 members (excludes halogenated alkanes) is 1. The first kappa shape index (κ1) is 18.3. The lowest BCUT2D eigenvalue weighted by Gasteiger charge is -2.27. The topological polar surface area (TPSA) is 34.1 Å². The van der Waals surface area contributed by atoms with Gasteiger partial charge in [-0.25, -0.2) is 0 Å². The number of hydrogen-bond donors (Lipinski definition) is 0. The predicted octanol–water partition coefficient (Wildman–Crippen LogP) is 5.22. The van der Waals surface area contributed by atoms with E-state index >= 15 is 0 Å². The minimum atomic E-state index is 0.0795. The molecule has 1 aromatic rings. The smallest absolute Gasteiger partial charge is 0.140 e. The zero-order chi connectivity index (χ0) is 17.1. The van der Waals surface area contributed by atoms with E-state index in [2.05, 4.69) is 34.6 Å². The Bertz CT molecular complexity index is 586. The highest BCUT2D eigenvalue weighted by Gasteiger charge is 2.30. The second-order valence-corrected chi connectivity index (χ2v) is 7.91. The number of carbonyl (C=O) groups is 2. The van der Waals surface area contributed by atoms with E-state index in [0.29, 0.717) is 12.8 Å². The molecular weight excluding hydrogens is 304 g/mol. The highest BCUT2D eigenvalue weighted by Crippen LogP contribution is 2.40. The standard InChI is InChI=1S/C20H28O2S/c1-6-7-8-23-20-14(4)12(2)19(13(3)15(20)5)16-9-17(21)11-18(22)10-16/h16H,6-11H2,1-5H3. The first-order valence-electron chi connectivity index (χ1n) is 8.63. The Labute approximate surface area is 144 Å². The maximum Gasteiger partial charge on any atom is 0.140 e. The van der Waals surface area contributed by atoms with Gasteiger partial charge in [0.1, 0.15) is 11.6 Å².